The maximum atomic E-state index is 10.4. The lowest BCUT2D eigenvalue weighted by molar-refractivity contribution is 0.0982. The lowest BCUT2D eigenvalue weighted by atomic mass is 9.95. The van der Waals surface area contributed by atoms with E-state index in [4.69, 9.17) is 16.3 Å². The van der Waals surface area contributed by atoms with Gasteiger partial charge >= 0.3 is 0 Å². The molecule has 0 spiro atoms. The molecule has 1 radical (unpaired) electrons. The molecule has 1 aliphatic rings. The molecule has 0 aliphatic carbocycles. The molecule has 1 atom stereocenters. The monoisotopic (exact) mass is 248 g/mol. The summed E-state index contributed by atoms with van der Waals surface area (Å²) in [6, 6.07) is 0. The highest BCUT2D eigenvalue weighted by Gasteiger charge is 2.18. The van der Waals surface area contributed by atoms with E-state index in [0.717, 1.165) is 38.5 Å². The van der Waals surface area contributed by atoms with Crippen LogP contribution in [0.5, 0.6) is 0 Å². The van der Waals surface area contributed by atoms with Crippen LogP contribution in [-0.4, -0.2) is 50.2 Å². The van der Waals surface area contributed by atoms with E-state index in [1.807, 2.05) is 0 Å². The van der Waals surface area contributed by atoms with Gasteiger partial charge in [0.1, 0.15) is 0 Å². The highest BCUT2D eigenvalue weighted by atomic mass is 35.5. The van der Waals surface area contributed by atoms with E-state index < -0.39 is 0 Å². The van der Waals surface area contributed by atoms with Gasteiger partial charge in [0.25, 0.3) is 0 Å². The molecular weight excluding hydrogens is 226 g/mol. The largest absolute Gasteiger partial charge is 0.380 e. The Morgan fingerprint density at radius 1 is 1.38 bits per heavy atom. The van der Waals surface area contributed by atoms with E-state index >= 15 is 0 Å². The fourth-order valence-corrected chi connectivity index (χ4v) is 2.39. The Hall–Kier alpha value is 0.170. The van der Waals surface area contributed by atoms with Gasteiger partial charge in [0, 0.05) is 25.6 Å². The Bertz CT molecular complexity index is 169. The van der Waals surface area contributed by atoms with Crippen LogP contribution in [0, 0.1) is 5.92 Å². The van der Waals surface area contributed by atoms with E-state index in [2.05, 4.69) is 4.90 Å². The second-order valence-electron chi connectivity index (χ2n) is 4.46. The molecule has 0 amide bonds. The minimum atomic E-state index is 0.0556. The van der Waals surface area contributed by atoms with Crippen molar-refractivity contribution in [3.63, 3.8) is 0 Å². The molecule has 0 N–H and O–H groups in total. The van der Waals surface area contributed by atoms with Crippen LogP contribution in [0.15, 0.2) is 0 Å². The zero-order valence-electron chi connectivity index (χ0n) is 10.00. The molecule has 3 nitrogen and oxygen atoms in total. The predicted octanol–water partition coefficient (Wildman–Crippen LogP) is 2.16. The highest BCUT2D eigenvalue weighted by Crippen LogP contribution is 2.19. The summed E-state index contributed by atoms with van der Waals surface area (Å²) in [6.07, 6.45) is 4.48. The Morgan fingerprint density at radius 2 is 2.25 bits per heavy atom. The van der Waals surface area contributed by atoms with Gasteiger partial charge in [-0.15, -0.1) is 11.6 Å². The third-order valence-electron chi connectivity index (χ3n) is 3.11. The zero-order valence-corrected chi connectivity index (χ0v) is 10.8. The molecule has 4 heteroatoms. The van der Waals surface area contributed by atoms with Gasteiger partial charge in [-0.2, -0.15) is 0 Å². The van der Waals surface area contributed by atoms with Crippen LogP contribution >= 0.6 is 11.6 Å². The number of piperidine rings is 1. The van der Waals surface area contributed by atoms with Crippen molar-refractivity contribution in [2.24, 2.45) is 5.92 Å². The molecule has 0 aromatic rings. The number of nitrogens with zero attached hydrogens (tertiary/aromatic N) is 1. The van der Waals surface area contributed by atoms with Crippen LogP contribution in [0.1, 0.15) is 25.7 Å². The molecule has 0 bridgehead atoms. The van der Waals surface area contributed by atoms with E-state index in [1.54, 1.807) is 0 Å². The summed E-state index contributed by atoms with van der Waals surface area (Å²) in [5.74, 6) is 1.33. The molecule has 1 unspecified atom stereocenters. The predicted molar refractivity (Wildman–Crippen MR) is 65.5 cm³/mol. The SMILES string of the molecule is [O]CCCN1CCCC(CCOCCCl)C1. The number of hydrogen-bond donors (Lipinski definition) is 0. The standard InChI is InChI=1S/C12H23ClNO2/c13-5-10-16-9-4-12-3-1-6-14(11-12)7-2-8-15/h12H,1-11H2. The van der Waals surface area contributed by atoms with Crippen molar-refractivity contribution in [3.8, 4) is 0 Å². The van der Waals surface area contributed by atoms with Gasteiger partial charge in [-0.1, -0.05) is 0 Å². The molecule has 1 rings (SSSR count). The third-order valence-corrected chi connectivity index (χ3v) is 3.27. The number of ether oxygens (including phenoxy) is 1. The van der Waals surface area contributed by atoms with Crippen molar-refractivity contribution in [2.75, 3.05) is 45.3 Å². The van der Waals surface area contributed by atoms with Gasteiger partial charge in [0.2, 0.25) is 0 Å². The quantitative estimate of drug-likeness (QED) is 0.487. The number of alkyl halides is 1. The van der Waals surface area contributed by atoms with Gasteiger partial charge in [-0.05, 0) is 38.1 Å². The minimum Gasteiger partial charge on any atom is -0.380 e. The molecule has 1 aliphatic heterocycles. The summed E-state index contributed by atoms with van der Waals surface area (Å²) in [6.45, 7) is 4.83. The maximum absolute atomic E-state index is 10.4. The normalized spacial score (nSPS) is 22.5. The van der Waals surface area contributed by atoms with Crippen molar-refractivity contribution in [3.05, 3.63) is 0 Å². The number of halogens is 1. The molecule has 0 aromatic carbocycles. The lowest BCUT2D eigenvalue weighted by Crippen LogP contribution is -2.36. The van der Waals surface area contributed by atoms with Crippen LogP contribution in [-0.2, 0) is 9.84 Å². The number of likely N-dealkylation sites (tertiary alicyclic amines) is 1. The summed E-state index contributed by atoms with van der Waals surface area (Å²) < 4.78 is 5.40. The average molecular weight is 249 g/mol. The molecule has 1 fully saturated rings. The molecule has 0 saturated carbocycles. The van der Waals surface area contributed by atoms with Gasteiger partial charge < -0.3 is 9.64 Å². The van der Waals surface area contributed by atoms with E-state index in [-0.39, 0.29) is 6.61 Å². The average Bonchev–Trinajstić information content (AvgIpc) is 2.33. The van der Waals surface area contributed by atoms with E-state index in [1.165, 1.54) is 19.4 Å². The van der Waals surface area contributed by atoms with Crippen LogP contribution in [0.3, 0.4) is 0 Å². The first-order valence-corrected chi connectivity index (χ1v) is 6.84. The number of rotatable bonds is 8. The number of hydrogen-bond acceptors (Lipinski definition) is 2. The van der Waals surface area contributed by atoms with Crippen LogP contribution in [0.2, 0.25) is 0 Å². The smallest absolute Gasteiger partial charge is 0.0834 e. The van der Waals surface area contributed by atoms with Crippen LogP contribution < -0.4 is 0 Å². The summed E-state index contributed by atoms with van der Waals surface area (Å²) >= 11 is 5.54. The zero-order chi connectivity index (χ0) is 11.6. The van der Waals surface area contributed by atoms with Crippen LogP contribution in [0.4, 0.5) is 0 Å². The first-order chi connectivity index (χ1) is 7.86. The second kappa shape index (κ2) is 9.23. The second-order valence-corrected chi connectivity index (χ2v) is 4.83. The molecule has 1 saturated heterocycles. The molecular formula is C12H23ClNO2. The van der Waals surface area contributed by atoms with Crippen molar-refractivity contribution in [1.82, 2.24) is 4.90 Å². The Balaban J connectivity index is 2.07. The van der Waals surface area contributed by atoms with Crippen LogP contribution in [0.25, 0.3) is 0 Å². The fraction of sp³-hybridized carbons (Fsp3) is 1.00. The Morgan fingerprint density at radius 3 is 3.00 bits per heavy atom. The van der Waals surface area contributed by atoms with Gasteiger partial charge in [0.15, 0.2) is 0 Å². The molecule has 16 heavy (non-hydrogen) atoms. The van der Waals surface area contributed by atoms with Crippen molar-refractivity contribution >= 4 is 11.6 Å². The van der Waals surface area contributed by atoms with Gasteiger partial charge in [-0.25, -0.2) is 5.11 Å². The van der Waals surface area contributed by atoms with E-state index in [0.29, 0.717) is 12.5 Å². The highest BCUT2D eigenvalue weighted by molar-refractivity contribution is 6.17. The molecule has 95 valence electrons. The fourth-order valence-electron chi connectivity index (χ4n) is 2.28. The lowest BCUT2D eigenvalue weighted by Gasteiger charge is -2.32. The van der Waals surface area contributed by atoms with Gasteiger partial charge in [0.05, 0.1) is 13.2 Å². The van der Waals surface area contributed by atoms with Crippen molar-refractivity contribution < 1.29 is 9.84 Å². The summed E-state index contributed by atoms with van der Waals surface area (Å²) in [5, 5.41) is 10.4. The topological polar surface area (TPSA) is 32.4 Å². The summed E-state index contributed by atoms with van der Waals surface area (Å²) in [7, 11) is 0. The summed E-state index contributed by atoms with van der Waals surface area (Å²) in [4.78, 5) is 2.42. The van der Waals surface area contributed by atoms with Crippen molar-refractivity contribution in [2.45, 2.75) is 25.7 Å². The Labute approximate surface area is 104 Å². The minimum absolute atomic E-state index is 0.0556. The van der Waals surface area contributed by atoms with E-state index in [9.17, 15) is 5.11 Å². The first-order valence-electron chi connectivity index (χ1n) is 6.31. The third kappa shape index (κ3) is 6.04. The van der Waals surface area contributed by atoms with Crippen molar-refractivity contribution in [1.29, 1.82) is 0 Å². The first kappa shape index (κ1) is 14.2. The summed E-state index contributed by atoms with van der Waals surface area (Å²) in [5.41, 5.74) is 0. The maximum Gasteiger partial charge on any atom is 0.0834 e. The molecule has 0 aromatic heterocycles. The Kier molecular flexibility index (Phi) is 8.21. The molecule has 1 heterocycles. The van der Waals surface area contributed by atoms with Gasteiger partial charge in [-0.3, -0.25) is 0 Å².